The van der Waals surface area contributed by atoms with Crippen LogP contribution >= 0.6 is 11.6 Å². The molecule has 0 spiro atoms. The number of halogens is 1. The number of para-hydroxylation sites is 1. The first kappa shape index (κ1) is 11.9. The van der Waals surface area contributed by atoms with Gasteiger partial charge in [-0.1, -0.05) is 12.1 Å². The highest BCUT2D eigenvalue weighted by atomic mass is 35.5. The Morgan fingerprint density at radius 1 is 1.40 bits per heavy atom. The van der Waals surface area contributed by atoms with Gasteiger partial charge in [-0.2, -0.15) is 0 Å². The molecule has 0 bridgehead atoms. The van der Waals surface area contributed by atoms with Gasteiger partial charge in [-0.3, -0.25) is 0 Å². The van der Waals surface area contributed by atoms with Gasteiger partial charge in [0.25, 0.3) is 0 Å². The average Bonchev–Trinajstić information content (AvgIpc) is 2.29. The third-order valence-corrected chi connectivity index (χ3v) is 2.10. The molecule has 3 nitrogen and oxygen atoms in total. The summed E-state index contributed by atoms with van der Waals surface area (Å²) >= 11 is 5.53. The number of carbonyl (C=O) groups excluding carboxylic acids is 1. The molecule has 0 aliphatic rings. The number of esters is 1. The molecule has 0 heterocycles. The summed E-state index contributed by atoms with van der Waals surface area (Å²) in [6.45, 7) is 0.498. The predicted octanol–water partition coefficient (Wildman–Crippen LogP) is 2.48. The van der Waals surface area contributed by atoms with Crippen LogP contribution in [0, 0.1) is 0 Å². The number of carbonyl (C=O) groups is 1. The summed E-state index contributed by atoms with van der Waals surface area (Å²) in [7, 11) is 1.35. The molecule has 4 heteroatoms. The summed E-state index contributed by atoms with van der Waals surface area (Å²) in [5, 5.41) is 0. The van der Waals surface area contributed by atoms with E-state index in [1.807, 2.05) is 6.07 Å². The molecular weight excluding hydrogens is 216 g/mol. The minimum Gasteiger partial charge on any atom is -0.493 e. The second kappa shape index (κ2) is 6.30. The molecular formula is C11H13ClO3. The number of rotatable bonds is 5. The lowest BCUT2D eigenvalue weighted by atomic mass is 10.2. The molecule has 1 aromatic carbocycles. The topological polar surface area (TPSA) is 35.5 Å². The Bertz CT molecular complexity index is 325. The molecule has 82 valence electrons. The maximum absolute atomic E-state index is 11.3. The second-order valence-corrected chi connectivity index (χ2v) is 3.26. The van der Waals surface area contributed by atoms with Gasteiger partial charge in [0.1, 0.15) is 11.3 Å². The molecule has 0 saturated carbocycles. The SMILES string of the molecule is COC(=O)c1ccccc1OCCCCl. The van der Waals surface area contributed by atoms with E-state index in [1.54, 1.807) is 18.2 Å². The minimum atomic E-state index is -0.392. The monoisotopic (exact) mass is 228 g/mol. The van der Waals surface area contributed by atoms with Crippen LogP contribution in [0.25, 0.3) is 0 Å². The molecule has 0 aromatic heterocycles. The lowest BCUT2D eigenvalue weighted by Crippen LogP contribution is -2.06. The molecule has 1 rings (SSSR count). The van der Waals surface area contributed by atoms with Crippen molar-refractivity contribution >= 4 is 17.6 Å². The molecule has 0 unspecified atom stereocenters. The highest BCUT2D eigenvalue weighted by Gasteiger charge is 2.11. The molecule has 0 aliphatic carbocycles. The maximum atomic E-state index is 11.3. The highest BCUT2D eigenvalue weighted by molar-refractivity contribution is 6.17. The molecule has 0 radical (unpaired) electrons. The van der Waals surface area contributed by atoms with Crippen LogP contribution < -0.4 is 4.74 Å². The summed E-state index contributed by atoms with van der Waals surface area (Å²) in [4.78, 5) is 11.3. The van der Waals surface area contributed by atoms with Gasteiger partial charge < -0.3 is 9.47 Å². The first-order chi connectivity index (χ1) is 7.29. The van der Waals surface area contributed by atoms with E-state index in [9.17, 15) is 4.79 Å². The van der Waals surface area contributed by atoms with Crippen molar-refractivity contribution in [3.8, 4) is 5.75 Å². The largest absolute Gasteiger partial charge is 0.493 e. The number of methoxy groups -OCH3 is 1. The summed E-state index contributed by atoms with van der Waals surface area (Å²) in [6.07, 6.45) is 0.747. The first-order valence-electron chi connectivity index (χ1n) is 4.65. The van der Waals surface area contributed by atoms with Crippen LogP contribution in [0.1, 0.15) is 16.8 Å². The van der Waals surface area contributed by atoms with Crippen LogP contribution in [0.4, 0.5) is 0 Å². The van der Waals surface area contributed by atoms with Gasteiger partial charge in [-0.15, -0.1) is 11.6 Å². The molecule has 0 atom stereocenters. The van der Waals surface area contributed by atoms with E-state index in [0.717, 1.165) is 6.42 Å². The standard InChI is InChI=1S/C11H13ClO3/c1-14-11(13)9-5-2-3-6-10(9)15-8-4-7-12/h2-3,5-6H,4,7-8H2,1H3. The fourth-order valence-electron chi connectivity index (χ4n) is 1.11. The third kappa shape index (κ3) is 3.44. The third-order valence-electron chi connectivity index (χ3n) is 1.83. The zero-order chi connectivity index (χ0) is 11.1. The fourth-order valence-corrected chi connectivity index (χ4v) is 1.22. The zero-order valence-corrected chi connectivity index (χ0v) is 9.29. The molecule has 15 heavy (non-hydrogen) atoms. The van der Waals surface area contributed by atoms with Crippen molar-refractivity contribution < 1.29 is 14.3 Å². The normalized spacial score (nSPS) is 9.73. The Hall–Kier alpha value is -1.22. The summed E-state index contributed by atoms with van der Waals surface area (Å²) in [5.41, 5.74) is 0.439. The van der Waals surface area contributed by atoms with Crippen molar-refractivity contribution in [1.29, 1.82) is 0 Å². The summed E-state index contributed by atoms with van der Waals surface area (Å²) < 4.78 is 10.1. The van der Waals surface area contributed by atoms with Crippen LogP contribution in [0.5, 0.6) is 5.75 Å². The lowest BCUT2D eigenvalue weighted by molar-refractivity contribution is 0.0596. The van der Waals surface area contributed by atoms with Crippen molar-refractivity contribution in [1.82, 2.24) is 0 Å². The molecule has 0 fully saturated rings. The lowest BCUT2D eigenvalue weighted by Gasteiger charge is -2.08. The second-order valence-electron chi connectivity index (χ2n) is 2.88. The van der Waals surface area contributed by atoms with Gasteiger partial charge in [-0.25, -0.2) is 4.79 Å². The van der Waals surface area contributed by atoms with E-state index in [1.165, 1.54) is 7.11 Å². The minimum absolute atomic E-state index is 0.392. The van der Waals surface area contributed by atoms with Crippen molar-refractivity contribution in [2.45, 2.75) is 6.42 Å². The predicted molar refractivity (Wildman–Crippen MR) is 58.6 cm³/mol. The molecule has 1 aromatic rings. The van der Waals surface area contributed by atoms with Gasteiger partial charge >= 0.3 is 5.97 Å². The average molecular weight is 229 g/mol. The van der Waals surface area contributed by atoms with Gasteiger partial charge in [0, 0.05) is 5.88 Å². The van der Waals surface area contributed by atoms with Crippen molar-refractivity contribution in [2.75, 3.05) is 19.6 Å². The molecule has 0 N–H and O–H groups in total. The van der Waals surface area contributed by atoms with Crippen LogP contribution in [-0.4, -0.2) is 25.6 Å². The first-order valence-corrected chi connectivity index (χ1v) is 5.19. The van der Waals surface area contributed by atoms with Gasteiger partial charge in [-0.05, 0) is 18.6 Å². The number of benzene rings is 1. The van der Waals surface area contributed by atoms with Crippen LogP contribution in [0.3, 0.4) is 0 Å². The Morgan fingerprint density at radius 2 is 2.13 bits per heavy atom. The maximum Gasteiger partial charge on any atom is 0.341 e. The van der Waals surface area contributed by atoms with Gasteiger partial charge in [0.15, 0.2) is 0 Å². The zero-order valence-electron chi connectivity index (χ0n) is 8.53. The van der Waals surface area contributed by atoms with Gasteiger partial charge in [0.2, 0.25) is 0 Å². The summed E-state index contributed by atoms with van der Waals surface area (Å²) in [6, 6.07) is 6.98. The number of ether oxygens (including phenoxy) is 2. The molecule has 0 aliphatic heterocycles. The fraction of sp³-hybridized carbons (Fsp3) is 0.364. The van der Waals surface area contributed by atoms with Gasteiger partial charge in [0.05, 0.1) is 13.7 Å². The Balaban J connectivity index is 2.73. The van der Waals surface area contributed by atoms with E-state index < -0.39 is 5.97 Å². The molecule has 0 amide bonds. The quantitative estimate of drug-likeness (QED) is 0.441. The highest BCUT2D eigenvalue weighted by Crippen LogP contribution is 2.18. The van der Waals surface area contributed by atoms with Crippen molar-refractivity contribution in [3.05, 3.63) is 29.8 Å². The van der Waals surface area contributed by atoms with E-state index >= 15 is 0 Å². The van der Waals surface area contributed by atoms with Crippen molar-refractivity contribution in [2.24, 2.45) is 0 Å². The Labute approximate surface area is 93.9 Å². The van der Waals surface area contributed by atoms with E-state index in [-0.39, 0.29) is 0 Å². The van der Waals surface area contributed by atoms with Crippen LogP contribution in [0.15, 0.2) is 24.3 Å². The number of hydrogen-bond acceptors (Lipinski definition) is 3. The Kier molecular flexibility index (Phi) is 4.98. The van der Waals surface area contributed by atoms with Crippen molar-refractivity contribution in [3.63, 3.8) is 0 Å². The smallest absolute Gasteiger partial charge is 0.341 e. The number of hydrogen-bond donors (Lipinski definition) is 0. The van der Waals surface area contributed by atoms with Crippen LogP contribution in [-0.2, 0) is 4.74 Å². The Morgan fingerprint density at radius 3 is 2.80 bits per heavy atom. The molecule has 0 saturated heterocycles. The summed E-state index contributed by atoms with van der Waals surface area (Å²) in [5.74, 6) is 0.686. The van der Waals surface area contributed by atoms with Crippen LogP contribution in [0.2, 0.25) is 0 Å². The van der Waals surface area contributed by atoms with E-state index in [2.05, 4.69) is 4.74 Å². The van der Waals surface area contributed by atoms with E-state index in [4.69, 9.17) is 16.3 Å². The van der Waals surface area contributed by atoms with E-state index in [0.29, 0.717) is 23.8 Å². The number of alkyl halides is 1.